The quantitative estimate of drug-likeness (QED) is 0.599. The number of hydrogen-bond acceptors (Lipinski definition) is 7. The minimum absolute atomic E-state index is 0. The number of aliphatic hydroxyl groups is 1. The van der Waals surface area contributed by atoms with E-state index >= 15 is 0 Å². The van der Waals surface area contributed by atoms with Crippen LogP contribution in [0.3, 0.4) is 0 Å². The number of halogens is 1. The number of piperidine rings is 1. The molecule has 0 radical (unpaired) electrons. The highest BCUT2D eigenvalue weighted by molar-refractivity contribution is 7.59. The first-order valence-corrected chi connectivity index (χ1v) is 11.2. The molecule has 2 aliphatic rings. The lowest BCUT2D eigenvalue weighted by atomic mass is 9.85. The van der Waals surface area contributed by atoms with Crippen molar-refractivity contribution in [3.05, 3.63) is 41.3 Å². The first kappa shape index (κ1) is 23.9. The molecule has 8 nitrogen and oxygen atoms in total. The van der Waals surface area contributed by atoms with Crippen LogP contribution in [0.1, 0.15) is 29.3 Å². The number of alkyl halides is 1. The zero-order valence-electron chi connectivity index (χ0n) is 19.0. The van der Waals surface area contributed by atoms with E-state index in [0.29, 0.717) is 37.9 Å². The van der Waals surface area contributed by atoms with Crippen molar-refractivity contribution >= 4 is 30.2 Å². The minimum Gasteiger partial charge on any atom is -0.394 e. The SMILES string of the molecule is Cc1nc(N2CCO[C@H](CO)C2)cc(-n2ncc3cc(C)c(C4CCNCC4F)cc32)n1.S. The van der Waals surface area contributed by atoms with E-state index in [1.165, 1.54) is 0 Å². The number of nitrogens with one attached hydrogen (secondary N) is 1. The van der Waals surface area contributed by atoms with Crippen LogP contribution in [0.4, 0.5) is 10.2 Å². The van der Waals surface area contributed by atoms with Crippen LogP contribution in [0.2, 0.25) is 0 Å². The lowest BCUT2D eigenvalue weighted by Crippen LogP contribution is -2.44. The van der Waals surface area contributed by atoms with Crippen molar-refractivity contribution in [3.8, 4) is 5.82 Å². The third-order valence-electron chi connectivity index (χ3n) is 6.46. The van der Waals surface area contributed by atoms with E-state index in [4.69, 9.17) is 4.74 Å². The molecule has 0 aliphatic carbocycles. The molecular weight excluding hydrogens is 443 g/mol. The van der Waals surface area contributed by atoms with Gasteiger partial charge in [0.2, 0.25) is 0 Å². The summed E-state index contributed by atoms with van der Waals surface area (Å²) in [6.45, 7) is 6.91. The Bertz CT molecular complexity index is 1130. The molecule has 2 saturated heterocycles. The number of aromatic nitrogens is 4. The monoisotopic (exact) mass is 474 g/mol. The van der Waals surface area contributed by atoms with Gasteiger partial charge in [-0.1, -0.05) is 0 Å². The van der Waals surface area contributed by atoms with Gasteiger partial charge in [-0.2, -0.15) is 18.6 Å². The standard InChI is InChI=1S/C23H29FN6O2.H2S/c1-14-7-16-10-26-30(21(16)8-19(14)18-3-4-25-11-20(18)24)23-9-22(27-15(2)28-23)29-5-6-32-17(12-29)13-31;/h7-10,17-18,20,25,31H,3-6,11-13H2,1-2H3;1H2/t17-,18?,20?;/m0./s1. The summed E-state index contributed by atoms with van der Waals surface area (Å²) in [4.78, 5) is 11.4. The number of morpholine rings is 1. The molecule has 5 rings (SSSR count). The molecule has 33 heavy (non-hydrogen) atoms. The average molecular weight is 475 g/mol. The second-order valence-electron chi connectivity index (χ2n) is 8.69. The number of benzene rings is 1. The van der Waals surface area contributed by atoms with Gasteiger partial charge >= 0.3 is 0 Å². The van der Waals surface area contributed by atoms with Crippen LogP contribution in [0.25, 0.3) is 16.7 Å². The predicted molar refractivity (Wildman–Crippen MR) is 131 cm³/mol. The van der Waals surface area contributed by atoms with Gasteiger partial charge in [-0.25, -0.2) is 19.0 Å². The summed E-state index contributed by atoms with van der Waals surface area (Å²) in [5.74, 6) is 1.98. The molecule has 0 bridgehead atoms. The van der Waals surface area contributed by atoms with Crippen LogP contribution in [0, 0.1) is 13.8 Å². The smallest absolute Gasteiger partial charge is 0.159 e. The Labute approximate surface area is 199 Å². The second-order valence-corrected chi connectivity index (χ2v) is 8.69. The van der Waals surface area contributed by atoms with Crippen LogP contribution >= 0.6 is 13.5 Å². The highest BCUT2D eigenvalue weighted by Crippen LogP contribution is 2.33. The lowest BCUT2D eigenvalue weighted by molar-refractivity contribution is 0.00335. The van der Waals surface area contributed by atoms with E-state index in [2.05, 4.69) is 37.4 Å². The van der Waals surface area contributed by atoms with Crippen molar-refractivity contribution in [3.63, 3.8) is 0 Å². The Hall–Kier alpha value is -2.27. The van der Waals surface area contributed by atoms with E-state index in [0.717, 1.165) is 40.8 Å². The second kappa shape index (κ2) is 9.92. The molecular formula is C23H31FN6O2S. The van der Waals surface area contributed by atoms with Crippen molar-refractivity contribution in [2.45, 2.75) is 38.5 Å². The Morgan fingerprint density at radius 1 is 1.21 bits per heavy atom. The molecule has 3 aromatic rings. The molecule has 2 N–H and O–H groups in total. The number of anilines is 1. The summed E-state index contributed by atoms with van der Waals surface area (Å²) in [5, 5.41) is 18.2. The molecule has 0 saturated carbocycles. The maximum Gasteiger partial charge on any atom is 0.159 e. The summed E-state index contributed by atoms with van der Waals surface area (Å²) < 4.78 is 22.1. The largest absolute Gasteiger partial charge is 0.394 e. The van der Waals surface area contributed by atoms with Gasteiger partial charge in [0.15, 0.2) is 5.82 Å². The zero-order chi connectivity index (χ0) is 22.2. The summed E-state index contributed by atoms with van der Waals surface area (Å²) in [5.41, 5.74) is 3.04. The van der Waals surface area contributed by atoms with Crippen LogP contribution in [-0.2, 0) is 4.74 Å². The maximum absolute atomic E-state index is 14.7. The van der Waals surface area contributed by atoms with E-state index in [1.807, 2.05) is 30.8 Å². The fourth-order valence-electron chi connectivity index (χ4n) is 4.80. The number of nitrogens with zero attached hydrogens (tertiary/aromatic N) is 5. The van der Waals surface area contributed by atoms with Gasteiger partial charge in [-0.15, -0.1) is 0 Å². The van der Waals surface area contributed by atoms with E-state index in [-0.39, 0.29) is 32.1 Å². The summed E-state index contributed by atoms with van der Waals surface area (Å²) in [6, 6.07) is 6.08. The van der Waals surface area contributed by atoms with Crippen LogP contribution < -0.4 is 10.2 Å². The Balaban J connectivity index is 0.00000259. The van der Waals surface area contributed by atoms with Gasteiger partial charge in [0.05, 0.1) is 31.0 Å². The number of aliphatic hydroxyl groups excluding tert-OH is 1. The third-order valence-corrected chi connectivity index (χ3v) is 6.46. The topological polar surface area (TPSA) is 88.3 Å². The maximum atomic E-state index is 14.7. The third kappa shape index (κ3) is 4.70. The van der Waals surface area contributed by atoms with Crippen molar-refractivity contribution in [1.29, 1.82) is 0 Å². The highest BCUT2D eigenvalue weighted by Gasteiger charge is 2.28. The molecule has 0 amide bonds. The van der Waals surface area contributed by atoms with E-state index in [9.17, 15) is 9.50 Å². The molecule has 4 heterocycles. The van der Waals surface area contributed by atoms with E-state index in [1.54, 1.807) is 0 Å². The number of aryl methyl sites for hydroxylation is 2. The summed E-state index contributed by atoms with van der Waals surface area (Å²) >= 11 is 0. The first-order chi connectivity index (χ1) is 15.5. The normalized spacial score (nSPS) is 23.5. The minimum atomic E-state index is -0.898. The van der Waals surface area contributed by atoms with Crippen molar-refractivity contribution in [1.82, 2.24) is 25.1 Å². The van der Waals surface area contributed by atoms with Crippen molar-refractivity contribution in [2.75, 3.05) is 44.3 Å². The molecule has 178 valence electrons. The highest BCUT2D eigenvalue weighted by atomic mass is 32.1. The van der Waals surface area contributed by atoms with E-state index < -0.39 is 6.17 Å². The average Bonchev–Trinajstić information content (AvgIpc) is 3.21. The zero-order valence-corrected chi connectivity index (χ0v) is 20.0. The molecule has 0 spiro atoms. The Morgan fingerprint density at radius 2 is 2.03 bits per heavy atom. The van der Waals surface area contributed by atoms with Crippen LogP contribution in [0.15, 0.2) is 24.4 Å². The molecule has 2 unspecified atom stereocenters. The molecule has 2 aliphatic heterocycles. The summed E-state index contributed by atoms with van der Waals surface area (Å²) in [7, 11) is 0. The Morgan fingerprint density at radius 3 is 2.82 bits per heavy atom. The van der Waals surface area contributed by atoms with Gasteiger partial charge in [-0.3, -0.25) is 0 Å². The number of rotatable bonds is 4. The summed E-state index contributed by atoms with van der Waals surface area (Å²) in [6.07, 6.45) is 1.48. The van der Waals surface area contributed by atoms with Crippen LogP contribution in [-0.4, -0.2) is 76.5 Å². The molecule has 10 heteroatoms. The number of fused-ring (bicyclic) bond motifs is 1. The molecule has 1 aromatic carbocycles. The predicted octanol–water partition coefficient (Wildman–Crippen LogP) is 2.16. The number of hydrogen-bond donors (Lipinski definition) is 2. The fraction of sp³-hybridized carbons (Fsp3) is 0.522. The molecule has 2 fully saturated rings. The van der Waals surface area contributed by atoms with Crippen molar-refractivity contribution in [2.24, 2.45) is 0 Å². The Kier molecular flexibility index (Phi) is 7.18. The number of ether oxygens (including phenoxy) is 1. The lowest BCUT2D eigenvalue weighted by Gasteiger charge is -2.33. The van der Waals surface area contributed by atoms with Gasteiger partial charge in [0.1, 0.15) is 17.8 Å². The van der Waals surface area contributed by atoms with Gasteiger partial charge in [-0.05, 0) is 50.1 Å². The van der Waals surface area contributed by atoms with Gasteiger partial charge in [0, 0.05) is 37.0 Å². The van der Waals surface area contributed by atoms with Gasteiger partial charge in [0.25, 0.3) is 0 Å². The van der Waals surface area contributed by atoms with Crippen LogP contribution in [0.5, 0.6) is 0 Å². The van der Waals surface area contributed by atoms with Gasteiger partial charge < -0.3 is 20.1 Å². The van der Waals surface area contributed by atoms with Crippen molar-refractivity contribution < 1.29 is 14.2 Å². The first-order valence-electron chi connectivity index (χ1n) is 11.2. The fourth-order valence-corrected chi connectivity index (χ4v) is 4.80. The molecule has 3 atom stereocenters. The molecule has 2 aromatic heterocycles.